The number of nitrogens with zero attached hydrogens (tertiary/aromatic N) is 2. The smallest absolute Gasteiger partial charge is 0.152 e. The summed E-state index contributed by atoms with van der Waals surface area (Å²) in [4.78, 5) is 0. The number of aromatic nitrogens is 2. The highest BCUT2D eigenvalue weighted by molar-refractivity contribution is 6.30. The van der Waals surface area contributed by atoms with Crippen LogP contribution >= 0.6 is 11.6 Å². The van der Waals surface area contributed by atoms with Crippen molar-refractivity contribution >= 4 is 23.1 Å². The summed E-state index contributed by atoms with van der Waals surface area (Å²) in [6.45, 7) is 0. The molecule has 0 aliphatic carbocycles. The van der Waals surface area contributed by atoms with Crippen LogP contribution in [0.3, 0.4) is 0 Å². The first-order valence-electron chi connectivity index (χ1n) is 6.08. The number of phenolic OH excluding ortho intramolecular Hbond substituents is 1. The SMILES string of the molecule is Oc1ccc(-n2ccc(Nc3ccc(Cl)cc3)n2)cc1. The molecule has 0 radical (unpaired) electrons. The Morgan fingerprint density at radius 1 is 0.950 bits per heavy atom. The normalized spacial score (nSPS) is 10.4. The topological polar surface area (TPSA) is 50.1 Å². The molecule has 0 saturated carbocycles. The summed E-state index contributed by atoms with van der Waals surface area (Å²) in [6.07, 6.45) is 1.85. The van der Waals surface area contributed by atoms with E-state index in [0.29, 0.717) is 5.02 Å². The minimum atomic E-state index is 0.236. The largest absolute Gasteiger partial charge is 0.508 e. The summed E-state index contributed by atoms with van der Waals surface area (Å²) in [5.41, 5.74) is 1.80. The number of rotatable bonds is 3. The van der Waals surface area contributed by atoms with E-state index in [1.165, 1.54) is 0 Å². The molecular formula is C15H12ClN3O. The number of aromatic hydroxyl groups is 1. The minimum Gasteiger partial charge on any atom is -0.508 e. The lowest BCUT2D eigenvalue weighted by molar-refractivity contribution is 0.475. The zero-order chi connectivity index (χ0) is 13.9. The first kappa shape index (κ1) is 12.6. The van der Waals surface area contributed by atoms with E-state index in [1.807, 2.05) is 36.5 Å². The van der Waals surface area contributed by atoms with Crippen LogP contribution in [0.5, 0.6) is 5.75 Å². The second kappa shape index (κ2) is 5.27. The molecule has 0 fully saturated rings. The van der Waals surface area contributed by atoms with Gasteiger partial charge >= 0.3 is 0 Å². The zero-order valence-electron chi connectivity index (χ0n) is 10.5. The Morgan fingerprint density at radius 3 is 2.35 bits per heavy atom. The first-order valence-corrected chi connectivity index (χ1v) is 6.46. The Kier molecular flexibility index (Phi) is 3.31. The average Bonchev–Trinajstić information content (AvgIpc) is 2.91. The van der Waals surface area contributed by atoms with Gasteiger partial charge in [-0.2, -0.15) is 5.10 Å². The van der Waals surface area contributed by atoms with Crippen LogP contribution in [0.4, 0.5) is 11.5 Å². The van der Waals surface area contributed by atoms with E-state index in [9.17, 15) is 5.11 Å². The minimum absolute atomic E-state index is 0.236. The van der Waals surface area contributed by atoms with Gasteiger partial charge < -0.3 is 10.4 Å². The summed E-state index contributed by atoms with van der Waals surface area (Å²) >= 11 is 5.84. The van der Waals surface area contributed by atoms with Crippen LogP contribution in [0.2, 0.25) is 5.02 Å². The molecule has 0 unspecified atom stereocenters. The van der Waals surface area contributed by atoms with E-state index < -0.39 is 0 Å². The molecule has 20 heavy (non-hydrogen) atoms. The Morgan fingerprint density at radius 2 is 1.65 bits per heavy atom. The van der Waals surface area contributed by atoms with Crippen molar-refractivity contribution in [2.75, 3.05) is 5.32 Å². The quantitative estimate of drug-likeness (QED) is 0.765. The second-order valence-corrected chi connectivity index (χ2v) is 4.73. The molecule has 100 valence electrons. The van der Waals surface area contributed by atoms with Crippen LogP contribution in [-0.2, 0) is 0 Å². The predicted molar refractivity (Wildman–Crippen MR) is 80.0 cm³/mol. The van der Waals surface area contributed by atoms with Gasteiger partial charge in [-0.15, -0.1) is 0 Å². The second-order valence-electron chi connectivity index (χ2n) is 4.29. The van der Waals surface area contributed by atoms with Gasteiger partial charge in [-0.25, -0.2) is 4.68 Å². The Hall–Kier alpha value is -2.46. The van der Waals surface area contributed by atoms with Crippen LogP contribution in [0.15, 0.2) is 60.8 Å². The molecule has 4 nitrogen and oxygen atoms in total. The molecule has 3 rings (SSSR count). The molecule has 3 aromatic rings. The molecular weight excluding hydrogens is 274 g/mol. The van der Waals surface area contributed by atoms with E-state index in [-0.39, 0.29) is 5.75 Å². The average molecular weight is 286 g/mol. The van der Waals surface area contributed by atoms with Crippen molar-refractivity contribution in [3.05, 3.63) is 65.8 Å². The summed E-state index contributed by atoms with van der Waals surface area (Å²) in [6, 6.07) is 16.2. The third kappa shape index (κ3) is 2.75. The highest BCUT2D eigenvalue weighted by Crippen LogP contribution is 2.19. The van der Waals surface area contributed by atoms with Gasteiger partial charge in [-0.1, -0.05) is 11.6 Å². The Bertz CT molecular complexity index is 705. The Balaban J connectivity index is 1.80. The molecule has 0 amide bonds. The van der Waals surface area contributed by atoms with Crippen molar-refractivity contribution in [2.45, 2.75) is 0 Å². The van der Waals surface area contributed by atoms with Gasteiger partial charge in [0.2, 0.25) is 0 Å². The molecule has 1 heterocycles. The van der Waals surface area contributed by atoms with Crippen molar-refractivity contribution in [3.63, 3.8) is 0 Å². The maximum Gasteiger partial charge on any atom is 0.152 e. The van der Waals surface area contributed by atoms with E-state index in [0.717, 1.165) is 17.2 Å². The fourth-order valence-electron chi connectivity index (χ4n) is 1.82. The summed E-state index contributed by atoms with van der Waals surface area (Å²) < 4.78 is 1.73. The van der Waals surface area contributed by atoms with Crippen LogP contribution in [-0.4, -0.2) is 14.9 Å². The number of nitrogens with one attached hydrogen (secondary N) is 1. The summed E-state index contributed by atoms with van der Waals surface area (Å²) in [7, 11) is 0. The molecule has 0 aliphatic heterocycles. The third-order valence-electron chi connectivity index (χ3n) is 2.82. The van der Waals surface area contributed by atoms with Gasteiger partial charge in [-0.3, -0.25) is 0 Å². The summed E-state index contributed by atoms with van der Waals surface area (Å²) in [5, 5.41) is 17.6. The lowest BCUT2D eigenvalue weighted by Gasteiger charge is -2.03. The summed E-state index contributed by atoms with van der Waals surface area (Å²) in [5.74, 6) is 0.973. The number of benzene rings is 2. The van der Waals surface area contributed by atoms with Gasteiger partial charge in [0.25, 0.3) is 0 Å². The first-order chi connectivity index (χ1) is 9.70. The van der Waals surface area contributed by atoms with Crippen LogP contribution in [0.1, 0.15) is 0 Å². The third-order valence-corrected chi connectivity index (χ3v) is 3.07. The standard InChI is InChI=1S/C15H12ClN3O/c16-11-1-3-12(4-2-11)17-15-9-10-19(18-15)13-5-7-14(20)8-6-13/h1-10,20H,(H,17,18). The van der Waals surface area contributed by atoms with Crippen molar-refractivity contribution in [2.24, 2.45) is 0 Å². The Labute approximate surface area is 121 Å². The number of hydrogen-bond donors (Lipinski definition) is 2. The number of anilines is 2. The maximum atomic E-state index is 9.27. The zero-order valence-corrected chi connectivity index (χ0v) is 11.2. The van der Waals surface area contributed by atoms with Gasteiger partial charge in [0.1, 0.15) is 5.75 Å². The van der Waals surface area contributed by atoms with Crippen LogP contribution in [0.25, 0.3) is 5.69 Å². The van der Waals surface area contributed by atoms with Crippen LogP contribution < -0.4 is 5.32 Å². The molecule has 1 aromatic heterocycles. The van der Waals surface area contributed by atoms with E-state index in [1.54, 1.807) is 28.9 Å². The molecule has 0 atom stereocenters. The molecule has 5 heteroatoms. The number of hydrogen-bond acceptors (Lipinski definition) is 3. The number of halogens is 1. The van der Waals surface area contributed by atoms with E-state index >= 15 is 0 Å². The van der Waals surface area contributed by atoms with E-state index in [4.69, 9.17) is 11.6 Å². The highest BCUT2D eigenvalue weighted by atomic mass is 35.5. The molecule has 0 aliphatic rings. The molecule has 0 saturated heterocycles. The molecule has 0 spiro atoms. The van der Waals surface area contributed by atoms with Gasteiger partial charge in [0.05, 0.1) is 5.69 Å². The fraction of sp³-hybridized carbons (Fsp3) is 0. The van der Waals surface area contributed by atoms with Gasteiger partial charge in [0, 0.05) is 23.0 Å². The van der Waals surface area contributed by atoms with Gasteiger partial charge in [0.15, 0.2) is 5.82 Å². The maximum absolute atomic E-state index is 9.27. The number of phenols is 1. The van der Waals surface area contributed by atoms with Crippen molar-refractivity contribution < 1.29 is 5.11 Å². The predicted octanol–water partition coefficient (Wildman–Crippen LogP) is 3.97. The van der Waals surface area contributed by atoms with E-state index in [2.05, 4.69) is 10.4 Å². The van der Waals surface area contributed by atoms with Crippen molar-refractivity contribution in [1.82, 2.24) is 9.78 Å². The van der Waals surface area contributed by atoms with Crippen molar-refractivity contribution in [3.8, 4) is 11.4 Å². The van der Waals surface area contributed by atoms with Gasteiger partial charge in [-0.05, 0) is 48.5 Å². The fourth-order valence-corrected chi connectivity index (χ4v) is 1.95. The molecule has 2 N–H and O–H groups in total. The van der Waals surface area contributed by atoms with Crippen LogP contribution in [0, 0.1) is 0 Å². The molecule has 2 aromatic carbocycles. The highest BCUT2D eigenvalue weighted by Gasteiger charge is 2.02. The molecule has 0 bridgehead atoms. The monoisotopic (exact) mass is 285 g/mol. The lowest BCUT2D eigenvalue weighted by Crippen LogP contribution is -1.96. The van der Waals surface area contributed by atoms with Crippen molar-refractivity contribution in [1.29, 1.82) is 0 Å². The lowest BCUT2D eigenvalue weighted by atomic mass is 10.3.